The molecule has 0 atom stereocenters. The topological polar surface area (TPSA) is 46.5 Å². The highest BCUT2D eigenvalue weighted by molar-refractivity contribution is 5.99. The highest BCUT2D eigenvalue weighted by Crippen LogP contribution is 2.21. The highest BCUT2D eigenvalue weighted by Gasteiger charge is 2.18. The minimum atomic E-state index is -0.0362. The molecule has 1 amide bonds. The third-order valence-electron chi connectivity index (χ3n) is 4.41. The lowest BCUT2D eigenvalue weighted by molar-refractivity contribution is 0.0948. The number of aromatic nitrogens is 1. The molecule has 5 nitrogen and oxygen atoms in total. The molecular weight excluding hydrogens is 290 g/mol. The van der Waals surface area contributed by atoms with Crippen LogP contribution in [-0.4, -0.2) is 36.8 Å². The smallest absolute Gasteiger partial charge is 0.253 e. The van der Waals surface area contributed by atoms with E-state index in [9.17, 15) is 4.79 Å². The van der Waals surface area contributed by atoms with Gasteiger partial charge in [-0.1, -0.05) is 12.1 Å². The largest absolute Gasteiger partial charge is 0.378 e. The van der Waals surface area contributed by atoms with Gasteiger partial charge < -0.3 is 19.5 Å². The van der Waals surface area contributed by atoms with Crippen molar-refractivity contribution >= 4 is 11.6 Å². The van der Waals surface area contributed by atoms with Crippen LogP contribution in [0.25, 0.3) is 0 Å². The third-order valence-corrected chi connectivity index (χ3v) is 4.41. The van der Waals surface area contributed by atoms with Crippen LogP contribution in [0.4, 0.5) is 5.69 Å². The number of nitrogens with one attached hydrogen (secondary N) is 1. The Hall–Kier alpha value is -2.27. The van der Waals surface area contributed by atoms with Gasteiger partial charge in [-0.25, -0.2) is 0 Å². The molecule has 1 aliphatic rings. The van der Waals surface area contributed by atoms with Gasteiger partial charge in [0.1, 0.15) is 0 Å². The van der Waals surface area contributed by atoms with Crippen LogP contribution < -0.4 is 10.2 Å². The number of carbonyl (C=O) groups excluding carboxylic acids is 1. The molecule has 1 aromatic carbocycles. The normalized spacial score (nSPS) is 14.8. The number of carbonyl (C=O) groups is 1. The second kappa shape index (κ2) is 6.87. The predicted molar refractivity (Wildman–Crippen MR) is 90.8 cm³/mol. The fourth-order valence-electron chi connectivity index (χ4n) is 2.86. The minimum absolute atomic E-state index is 0.0362. The molecule has 3 rings (SSSR count). The average molecular weight is 313 g/mol. The molecule has 2 heterocycles. The number of rotatable bonds is 4. The molecule has 0 saturated carbocycles. The Balaban J connectivity index is 1.73. The maximum atomic E-state index is 12.6. The number of morpholine rings is 1. The summed E-state index contributed by atoms with van der Waals surface area (Å²) in [5.74, 6) is -0.0362. The summed E-state index contributed by atoms with van der Waals surface area (Å²) in [5, 5.41) is 3.03. The number of hydrogen-bond acceptors (Lipinski definition) is 3. The lowest BCUT2D eigenvalue weighted by Gasteiger charge is -2.30. The maximum Gasteiger partial charge on any atom is 0.253 e. The van der Waals surface area contributed by atoms with Gasteiger partial charge in [-0.15, -0.1) is 0 Å². The van der Waals surface area contributed by atoms with Crippen molar-refractivity contribution in [2.45, 2.75) is 13.5 Å². The molecule has 0 aliphatic carbocycles. The maximum absolute atomic E-state index is 12.6. The second-order valence-corrected chi connectivity index (χ2v) is 5.82. The zero-order chi connectivity index (χ0) is 16.2. The second-order valence-electron chi connectivity index (χ2n) is 5.82. The van der Waals surface area contributed by atoms with Crippen LogP contribution in [0.5, 0.6) is 0 Å². The Morgan fingerprint density at radius 3 is 2.61 bits per heavy atom. The van der Waals surface area contributed by atoms with Crippen molar-refractivity contribution in [2.24, 2.45) is 7.05 Å². The molecule has 1 aromatic heterocycles. The van der Waals surface area contributed by atoms with Crippen LogP contribution in [0.3, 0.4) is 0 Å². The van der Waals surface area contributed by atoms with Crippen LogP contribution in [-0.2, 0) is 18.3 Å². The summed E-state index contributed by atoms with van der Waals surface area (Å²) >= 11 is 0. The quantitative estimate of drug-likeness (QED) is 0.940. The van der Waals surface area contributed by atoms with Crippen molar-refractivity contribution in [3.63, 3.8) is 0 Å². The van der Waals surface area contributed by atoms with E-state index in [4.69, 9.17) is 4.74 Å². The van der Waals surface area contributed by atoms with Gasteiger partial charge in [0.15, 0.2) is 0 Å². The first-order valence-corrected chi connectivity index (χ1v) is 7.98. The highest BCUT2D eigenvalue weighted by atomic mass is 16.5. The van der Waals surface area contributed by atoms with E-state index in [-0.39, 0.29) is 5.91 Å². The Morgan fingerprint density at radius 2 is 1.91 bits per heavy atom. The number of nitrogens with zero attached hydrogens (tertiary/aromatic N) is 2. The summed E-state index contributed by atoms with van der Waals surface area (Å²) in [7, 11) is 2.01. The Morgan fingerprint density at radius 1 is 1.17 bits per heavy atom. The van der Waals surface area contributed by atoms with Crippen molar-refractivity contribution in [1.82, 2.24) is 9.88 Å². The van der Waals surface area contributed by atoms with E-state index in [2.05, 4.69) is 27.8 Å². The van der Waals surface area contributed by atoms with Gasteiger partial charge >= 0.3 is 0 Å². The summed E-state index contributed by atoms with van der Waals surface area (Å²) < 4.78 is 7.49. The molecule has 1 N–H and O–H groups in total. The Kier molecular flexibility index (Phi) is 4.67. The van der Waals surface area contributed by atoms with Gasteiger partial charge in [-0.05, 0) is 31.2 Å². The summed E-state index contributed by atoms with van der Waals surface area (Å²) in [5.41, 5.74) is 3.99. The number of ether oxygens (including phenoxy) is 1. The van der Waals surface area contributed by atoms with Crippen molar-refractivity contribution in [1.29, 1.82) is 0 Å². The van der Waals surface area contributed by atoms with E-state index < -0.39 is 0 Å². The number of para-hydroxylation sites is 1. The third kappa shape index (κ3) is 3.40. The van der Waals surface area contributed by atoms with Crippen LogP contribution in [0.2, 0.25) is 0 Å². The van der Waals surface area contributed by atoms with E-state index >= 15 is 0 Å². The van der Waals surface area contributed by atoms with Gasteiger partial charge in [0, 0.05) is 37.2 Å². The number of aryl methyl sites for hydroxylation is 1. The van der Waals surface area contributed by atoms with E-state index in [1.807, 2.05) is 37.4 Å². The first-order valence-electron chi connectivity index (χ1n) is 7.98. The van der Waals surface area contributed by atoms with E-state index in [0.29, 0.717) is 19.8 Å². The molecule has 0 radical (unpaired) electrons. The lowest BCUT2D eigenvalue weighted by atomic mass is 10.1. The summed E-state index contributed by atoms with van der Waals surface area (Å²) in [6.45, 7) is 5.64. The molecule has 122 valence electrons. The first-order chi connectivity index (χ1) is 11.2. The Bertz CT molecular complexity index is 687. The minimum Gasteiger partial charge on any atom is -0.378 e. The van der Waals surface area contributed by atoms with Crippen LogP contribution in [0.1, 0.15) is 21.7 Å². The van der Waals surface area contributed by atoms with Crippen LogP contribution in [0, 0.1) is 6.92 Å². The molecule has 5 heteroatoms. The average Bonchev–Trinajstić information content (AvgIpc) is 2.92. The van der Waals surface area contributed by atoms with Crippen molar-refractivity contribution < 1.29 is 9.53 Å². The van der Waals surface area contributed by atoms with Gasteiger partial charge in [-0.3, -0.25) is 4.79 Å². The van der Waals surface area contributed by atoms with Gasteiger partial charge in [-0.2, -0.15) is 0 Å². The first kappa shape index (κ1) is 15.6. The summed E-state index contributed by atoms with van der Waals surface area (Å²) in [6.07, 6.45) is 0. The van der Waals surface area contributed by atoms with Gasteiger partial charge in [0.05, 0.1) is 25.3 Å². The van der Waals surface area contributed by atoms with Gasteiger partial charge in [0.2, 0.25) is 0 Å². The van der Waals surface area contributed by atoms with Crippen LogP contribution in [0.15, 0.2) is 36.4 Å². The van der Waals surface area contributed by atoms with Crippen LogP contribution >= 0.6 is 0 Å². The molecule has 1 aliphatic heterocycles. The summed E-state index contributed by atoms with van der Waals surface area (Å²) in [4.78, 5) is 14.8. The SMILES string of the molecule is Cc1ccc(CNC(=O)c2ccccc2N2CCOCC2)n1C. The fourth-order valence-corrected chi connectivity index (χ4v) is 2.86. The van der Waals surface area contributed by atoms with Crippen molar-refractivity contribution in [2.75, 3.05) is 31.2 Å². The molecule has 0 spiro atoms. The zero-order valence-electron chi connectivity index (χ0n) is 13.7. The molecule has 2 aromatic rings. The van der Waals surface area contributed by atoms with E-state index in [0.717, 1.165) is 30.0 Å². The molecule has 0 bridgehead atoms. The van der Waals surface area contributed by atoms with Crippen molar-refractivity contribution in [3.8, 4) is 0 Å². The standard InChI is InChI=1S/C18H23N3O2/c1-14-7-8-15(20(14)2)13-19-18(22)16-5-3-4-6-17(16)21-9-11-23-12-10-21/h3-8H,9-13H2,1-2H3,(H,19,22). The Labute approximate surface area is 136 Å². The van der Waals surface area contributed by atoms with Crippen molar-refractivity contribution in [3.05, 3.63) is 53.3 Å². The van der Waals surface area contributed by atoms with Gasteiger partial charge in [0.25, 0.3) is 5.91 Å². The molecule has 1 fully saturated rings. The molecule has 1 saturated heterocycles. The zero-order valence-corrected chi connectivity index (χ0v) is 13.7. The molecule has 23 heavy (non-hydrogen) atoms. The molecular formula is C18H23N3O2. The van der Waals surface area contributed by atoms with E-state index in [1.165, 1.54) is 5.69 Å². The fraction of sp³-hybridized carbons (Fsp3) is 0.389. The lowest BCUT2D eigenvalue weighted by Crippen LogP contribution is -2.37. The number of amides is 1. The van der Waals surface area contributed by atoms with E-state index in [1.54, 1.807) is 0 Å². The molecule has 0 unspecified atom stereocenters. The monoisotopic (exact) mass is 313 g/mol. The number of benzene rings is 1. The number of anilines is 1. The number of hydrogen-bond donors (Lipinski definition) is 1. The summed E-state index contributed by atoms with van der Waals surface area (Å²) in [6, 6.07) is 11.9. The predicted octanol–water partition coefficient (Wildman–Crippen LogP) is 2.10.